The molecule has 0 unspecified atom stereocenters. The largest absolute Gasteiger partial charge is 0.374 e. The normalized spacial score (nSPS) is 11.8. The molecule has 0 aliphatic carbocycles. The van der Waals surface area contributed by atoms with Crippen LogP contribution in [-0.2, 0) is 11.8 Å². The van der Waals surface area contributed by atoms with E-state index in [0.29, 0.717) is 11.4 Å². The van der Waals surface area contributed by atoms with Crippen molar-refractivity contribution in [3.05, 3.63) is 45.8 Å². The van der Waals surface area contributed by atoms with Crippen LogP contribution in [0.4, 0.5) is 17.1 Å². The fourth-order valence-electron chi connectivity index (χ4n) is 2.21. The number of non-ortho nitro benzene ring substituents is 1. The van der Waals surface area contributed by atoms with Gasteiger partial charge in [-0.1, -0.05) is 6.07 Å². The highest BCUT2D eigenvalue weighted by molar-refractivity contribution is 5.97. The average Bonchev–Trinajstić information content (AvgIpc) is 2.73. The Morgan fingerprint density at radius 2 is 2.09 bits per heavy atom. The maximum atomic E-state index is 12.3. The molecule has 0 radical (unpaired) electrons. The first-order chi connectivity index (χ1) is 10.8. The highest BCUT2D eigenvalue weighted by Gasteiger charge is 2.18. The lowest BCUT2D eigenvalue weighted by atomic mass is 10.2. The summed E-state index contributed by atoms with van der Waals surface area (Å²) in [4.78, 5) is 22.6. The Balaban J connectivity index is 2.08. The van der Waals surface area contributed by atoms with Gasteiger partial charge in [-0.05, 0) is 26.8 Å². The van der Waals surface area contributed by atoms with Crippen molar-refractivity contribution in [2.75, 3.05) is 10.6 Å². The summed E-state index contributed by atoms with van der Waals surface area (Å²) in [6, 6.07) is 5.48. The molecule has 1 heterocycles. The summed E-state index contributed by atoms with van der Waals surface area (Å²) in [6.45, 7) is 5.38. The molecule has 0 spiro atoms. The second-order valence-corrected chi connectivity index (χ2v) is 5.33. The van der Waals surface area contributed by atoms with Gasteiger partial charge in [-0.2, -0.15) is 5.10 Å². The molecule has 23 heavy (non-hydrogen) atoms. The van der Waals surface area contributed by atoms with E-state index in [1.54, 1.807) is 23.7 Å². The predicted molar refractivity (Wildman–Crippen MR) is 87.5 cm³/mol. The summed E-state index contributed by atoms with van der Waals surface area (Å²) < 4.78 is 1.70. The Hall–Kier alpha value is -2.90. The SMILES string of the molecule is Cc1nn(C)c(C)c1NC(=O)[C@H](C)Nc1cccc([N+](=O)[O-])c1. The van der Waals surface area contributed by atoms with Gasteiger partial charge in [0.05, 0.1) is 22.0 Å². The zero-order valence-electron chi connectivity index (χ0n) is 13.5. The molecule has 0 saturated carbocycles. The number of nitro groups is 1. The molecule has 1 aromatic carbocycles. The van der Waals surface area contributed by atoms with Crippen molar-refractivity contribution >= 4 is 23.0 Å². The van der Waals surface area contributed by atoms with Crippen LogP contribution in [0.15, 0.2) is 24.3 Å². The monoisotopic (exact) mass is 317 g/mol. The van der Waals surface area contributed by atoms with Gasteiger partial charge in [0.15, 0.2) is 0 Å². The number of aryl methyl sites for hydroxylation is 2. The Morgan fingerprint density at radius 3 is 2.65 bits per heavy atom. The van der Waals surface area contributed by atoms with E-state index in [2.05, 4.69) is 15.7 Å². The van der Waals surface area contributed by atoms with E-state index in [9.17, 15) is 14.9 Å². The van der Waals surface area contributed by atoms with Gasteiger partial charge in [-0.15, -0.1) is 0 Å². The molecule has 2 rings (SSSR count). The summed E-state index contributed by atoms with van der Waals surface area (Å²) in [5, 5.41) is 20.8. The van der Waals surface area contributed by atoms with Gasteiger partial charge in [-0.25, -0.2) is 0 Å². The van der Waals surface area contributed by atoms with E-state index in [0.717, 1.165) is 11.4 Å². The smallest absolute Gasteiger partial charge is 0.271 e. The Labute approximate surface area is 133 Å². The van der Waals surface area contributed by atoms with Crippen LogP contribution in [0.25, 0.3) is 0 Å². The predicted octanol–water partition coefficient (Wildman–Crippen LogP) is 2.38. The van der Waals surface area contributed by atoms with Crippen molar-refractivity contribution in [1.29, 1.82) is 0 Å². The van der Waals surface area contributed by atoms with Crippen molar-refractivity contribution < 1.29 is 9.72 Å². The number of hydrogen-bond acceptors (Lipinski definition) is 5. The molecule has 122 valence electrons. The summed E-state index contributed by atoms with van der Waals surface area (Å²) in [5.74, 6) is -0.240. The summed E-state index contributed by atoms with van der Waals surface area (Å²) in [6.07, 6.45) is 0. The third kappa shape index (κ3) is 3.65. The molecule has 2 aromatic rings. The van der Waals surface area contributed by atoms with E-state index in [1.807, 2.05) is 20.9 Å². The number of nitrogens with one attached hydrogen (secondary N) is 2. The maximum Gasteiger partial charge on any atom is 0.271 e. The van der Waals surface area contributed by atoms with Gasteiger partial charge in [0.2, 0.25) is 5.91 Å². The molecule has 0 aliphatic rings. The number of rotatable bonds is 5. The van der Waals surface area contributed by atoms with Crippen molar-refractivity contribution in [2.24, 2.45) is 7.05 Å². The molecule has 2 N–H and O–H groups in total. The number of anilines is 2. The molecule has 1 atom stereocenters. The Kier molecular flexibility index (Phi) is 4.63. The first kappa shape index (κ1) is 16.5. The topological polar surface area (TPSA) is 102 Å². The van der Waals surface area contributed by atoms with Crippen LogP contribution in [0.5, 0.6) is 0 Å². The van der Waals surface area contributed by atoms with Crippen LogP contribution in [0.1, 0.15) is 18.3 Å². The van der Waals surface area contributed by atoms with Crippen LogP contribution < -0.4 is 10.6 Å². The van der Waals surface area contributed by atoms with Crippen molar-refractivity contribution in [3.8, 4) is 0 Å². The molecule has 8 nitrogen and oxygen atoms in total. The van der Waals surface area contributed by atoms with Crippen molar-refractivity contribution in [3.63, 3.8) is 0 Å². The minimum Gasteiger partial charge on any atom is -0.374 e. The highest BCUT2D eigenvalue weighted by atomic mass is 16.6. The summed E-state index contributed by atoms with van der Waals surface area (Å²) >= 11 is 0. The number of benzene rings is 1. The number of aromatic nitrogens is 2. The fraction of sp³-hybridized carbons (Fsp3) is 0.333. The second kappa shape index (κ2) is 6.47. The van der Waals surface area contributed by atoms with Crippen molar-refractivity contribution in [2.45, 2.75) is 26.8 Å². The van der Waals surface area contributed by atoms with Gasteiger partial charge in [-0.3, -0.25) is 19.6 Å². The Bertz CT molecular complexity index is 754. The van der Waals surface area contributed by atoms with Crippen LogP contribution in [0.3, 0.4) is 0 Å². The van der Waals surface area contributed by atoms with E-state index < -0.39 is 11.0 Å². The number of carbonyl (C=O) groups is 1. The van der Waals surface area contributed by atoms with Crippen LogP contribution in [-0.4, -0.2) is 26.7 Å². The highest BCUT2D eigenvalue weighted by Crippen LogP contribution is 2.20. The van der Waals surface area contributed by atoms with E-state index in [1.165, 1.54) is 12.1 Å². The van der Waals surface area contributed by atoms with E-state index >= 15 is 0 Å². The Morgan fingerprint density at radius 1 is 1.39 bits per heavy atom. The number of hydrogen-bond donors (Lipinski definition) is 2. The third-order valence-electron chi connectivity index (χ3n) is 3.59. The molecule has 1 aromatic heterocycles. The first-order valence-corrected chi connectivity index (χ1v) is 7.11. The van der Waals surface area contributed by atoms with Gasteiger partial charge < -0.3 is 10.6 Å². The lowest BCUT2D eigenvalue weighted by Gasteiger charge is -2.15. The summed E-state index contributed by atoms with van der Waals surface area (Å²) in [5.41, 5.74) is 2.77. The number of amides is 1. The molecular formula is C15H19N5O3. The van der Waals surface area contributed by atoms with Crippen molar-refractivity contribution in [1.82, 2.24) is 9.78 Å². The quantitative estimate of drug-likeness (QED) is 0.651. The number of nitro benzene ring substituents is 1. The molecule has 0 saturated heterocycles. The maximum absolute atomic E-state index is 12.3. The van der Waals surface area contributed by atoms with Gasteiger partial charge in [0.25, 0.3) is 5.69 Å². The molecule has 0 bridgehead atoms. The molecular weight excluding hydrogens is 298 g/mol. The first-order valence-electron chi connectivity index (χ1n) is 7.11. The fourth-order valence-corrected chi connectivity index (χ4v) is 2.21. The zero-order chi connectivity index (χ0) is 17.1. The summed E-state index contributed by atoms with van der Waals surface area (Å²) in [7, 11) is 1.81. The molecule has 0 aliphatic heterocycles. The molecule has 8 heteroatoms. The zero-order valence-corrected chi connectivity index (χ0v) is 13.5. The number of carbonyl (C=O) groups excluding carboxylic acids is 1. The molecule has 0 fully saturated rings. The van der Waals surface area contributed by atoms with Crippen LogP contribution in [0, 0.1) is 24.0 Å². The minimum atomic E-state index is -0.559. The van der Waals surface area contributed by atoms with Crippen LogP contribution >= 0.6 is 0 Å². The van der Waals surface area contributed by atoms with Gasteiger partial charge in [0, 0.05) is 24.9 Å². The minimum absolute atomic E-state index is 0.0263. The molecule has 1 amide bonds. The van der Waals surface area contributed by atoms with Gasteiger partial charge in [0.1, 0.15) is 6.04 Å². The van der Waals surface area contributed by atoms with Crippen LogP contribution in [0.2, 0.25) is 0 Å². The second-order valence-electron chi connectivity index (χ2n) is 5.33. The lowest BCUT2D eigenvalue weighted by molar-refractivity contribution is -0.384. The number of nitrogens with zero attached hydrogens (tertiary/aromatic N) is 3. The standard InChI is InChI=1S/C15H19N5O3/c1-9-14(11(3)19(4)18-9)17-15(21)10(2)16-12-6-5-7-13(8-12)20(22)23/h5-8,10,16H,1-4H3,(H,17,21)/t10-/m0/s1. The lowest BCUT2D eigenvalue weighted by Crippen LogP contribution is -2.32. The average molecular weight is 317 g/mol. The third-order valence-corrected chi connectivity index (χ3v) is 3.59. The van der Waals surface area contributed by atoms with E-state index in [-0.39, 0.29) is 11.6 Å². The van der Waals surface area contributed by atoms with Gasteiger partial charge >= 0.3 is 0 Å². The van der Waals surface area contributed by atoms with E-state index in [4.69, 9.17) is 0 Å².